The molecule has 0 amide bonds. The predicted molar refractivity (Wildman–Crippen MR) is 63.0 cm³/mol. The number of aliphatic hydroxyl groups excluding tert-OH is 2. The fourth-order valence-corrected chi connectivity index (χ4v) is 1.99. The van der Waals surface area contributed by atoms with Crippen LogP contribution >= 0.6 is 0 Å². The largest absolute Gasteiger partial charge is 0.391 e. The summed E-state index contributed by atoms with van der Waals surface area (Å²) in [4.78, 5) is 0. The van der Waals surface area contributed by atoms with Crippen LogP contribution in [0, 0.1) is 5.92 Å². The zero-order valence-corrected chi connectivity index (χ0v) is 10.5. The Morgan fingerprint density at radius 1 is 1.31 bits per heavy atom. The van der Waals surface area contributed by atoms with Crippen molar-refractivity contribution in [1.82, 2.24) is 5.32 Å². The summed E-state index contributed by atoms with van der Waals surface area (Å²) >= 11 is 0. The van der Waals surface area contributed by atoms with Crippen molar-refractivity contribution in [1.29, 1.82) is 0 Å². The SMILES string of the molecule is CC(O)C(C)OC(O)C(C)CC1CCCN1. The van der Waals surface area contributed by atoms with E-state index in [2.05, 4.69) is 5.32 Å². The maximum absolute atomic E-state index is 9.84. The van der Waals surface area contributed by atoms with Crippen LogP contribution in [-0.4, -0.2) is 41.3 Å². The first kappa shape index (κ1) is 13.9. The molecule has 1 rings (SSSR count). The van der Waals surface area contributed by atoms with E-state index in [1.54, 1.807) is 13.8 Å². The molecule has 0 aliphatic carbocycles. The fourth-order valence-electron chi connectivity index (χ4n) is 1.99. The highest BCUT2D eigenvalue weighted by atomic mass is 16.6. The highest BCUT2D eigenvalue weighted by Crippen LogP contribution is 2.19. The van der Waals surface area contributed by atoms with Gasteiger partial charge in [0.15, 0.2) is 6.29 Å². The van der Waals surface area contributed by atoms with Crippen LogP contribution in [0.3, 0.4) is 0 Å². The molecule has 0 aromatic rings. The lowest BCUT2D eigenvalue weighted by Crippen LogP contribution is -2.34. The average Bonchev–Trinajstić information content (AvgIpc) is 2.69. The Balaban J connectivity index is 2.26. The van der Waals surface area contributed by atoms with Crippen LogP contribution < -0.4 is 5.32 Å². The third-order valence-electron chi connectivity index (χ3n) is 3.34. The summed E-state index contributed by atoms with van der Waals surface area (Å²) in [7, 11) is 0. The second-order valence-corrected chi connectivity index (χ2v) is 4.98. The average molecular weight is 231 g/mol. The molecule has 0 bridgehead atoms. The van der Waals surface area contributed by atoms with E-state index in [9.17, 15) is 10.2 Å². The van der Waals surface area contributed by atoms with Gasteiger partial charge in [-0.05, 0) is 39.7 Å². The topological polar surface area (TPSA) is 61.7 Å². The van der Waals surface area contributed by atoms with Crippen LogP contribution in [0.2, 0.25) is 0 Å². The van der Waals surface area contributed by atoms with Crippen molar-refractivity contribution in [3.05, 3.63) is 0 Å². The van der Waals surface area contributed by atoms with Crippen LogP contribution in [0.1, 0.15) is 40.0 Å². The molecule has 1 aliphatic rings. The molecule has 1 heterocycles. The third-order valence-corrected chi connectivity index (χ3v) is 3.34. The summed E-state index contributed by atoms with van der Waals surface area (Å²) < 4.78 is 5.36. The first-order chi connectivity index (χ1) is 7.50. The van der Waals surface area contributed by atoms with Gasteiger partial charge in [-0.2, -0.15) is 0 Å². The molecule has 0 saturated carbocycles. The lowest BCUT2D eigenvalue weighted by atomic mass is 10.00. The molecule has 0 radical (unpaired) electrons. The molecule has 96 valence electrons. The molecular formula is C12H25NO3. The van der Waals surface area contributed by atoms with Gasteiger partial charge in [0.1, 0.15) is 0 Å². The molecule has 4 heteroatoms. The summed E-state index contributed by atoms with van der Waals surface area (Å²) in [5.41, 5.74) is 0. The van der Waals surface area contributed by atoms with Crippen molar-refractivity contribution < 1.29 is 14.9 Å². The minimum atomic E-state index is -0.785. The molecule has 5 unspecified atom stereocenters. The highest BCUT2D eigenvalue weighted by Gasteiger charge is 2.24. The Bertz CT molecular complexity index is 185. The summed E-state index contributed by atoms with van der Waals surface area (Å²) in [6, 6.07) is 0.509. The number of hydrogen-bond acceptors (Lipinski definition) is 4. The smallest absolute Gasteiger partial charge is 0.157 e. The van der Waals surface area contributed by atoms with Crippen LogP contribution in [-0.2, 0) is 4.74 Å². The zero-order chi connectivity index (χ0) is 12.1. The molecule has 3 N–H and O–H groups in total. The Labute approximate surface area is 98.0 Å². The van der Waals surface area contributed by atoms with Gasteiger partial charge < -0.3 is 20.3 Å². The van der Waals surface area contributed by atoms with Gasteiger partial charge >= 0.3 is 0 Å². The molecule has 1 fully saturated rings. The second kappa shape index (κ2) is 6.55. The van der Waals surface area contributed by atoms with Crippen LogP contribution in [0.4, 0.5) is 0 Å². The van der Waals surface area contributed by atoms with E-state index in [1.165, 1.54) is 12.8 Å². The number of rotatable bonds is 6. The summed E-state index contributed by atoms with van der Waals surface area (Å²) in [6.07, 6.45) is 1.67. The molecule has 4 nitrogen and oxygen atoms in total. The zero-order valence-electron chi connectivity index (χ0n) is 10.5. The van der Waals surface area contributed by atoms with E-state index >= 15 is 0 Å². The highest BCUT2D eigenvalue weighted by molar-refractivity contribution is 4.77. The quantitative estimate of drug-likeness (QED) is 0.594. The van der Waals surface area contributed by atoms with Crippen molar-refractivity contribution in [2.24, 2.45) is 5.92 Å². The van der Waals surface area contributed by atoms with Gasteiger partial charge in [0.05, 0.1) is 12.2 Å². The molecular weight excluding hydrogens is 206 g/mol. The summed E-state index contributed by atoms with van der Waals surface area (Å²) in [5, 5.41) is 22.5. The van der Waals surface area contributed by atoms with E-state index in [4.69, 9.17) is 4.74 Å². The summed E-state index contributed by atoms with van der Waals surface area (Å²) in [6.45, 7) is 6.51. The number of hydrogen-bond donors (Lipinski definition) is 3. The van der Waals surface area contributed by atoms with E-state index in [-0.39, 0.29) is 12.0 Å². The Morgan fingerprint density at radius 2 is 2.00 bits per heavy atom. The van der Waals surface area contributed by atoms with Crippen LogP contribution in [0.25, 0.3) is 0 Å². The van der Waals surface area contributed by atoms with Crippen LogP contribution in [0.5, 0.6) is 0 Å². The van der Waals surface area contributed by atoms with Crippen molar-refractivity contribution >= 4 is 0 Å². The molecule has 5 atom stereocenters. The van der Waals surface area contributed by atoms with Crippen molar-refractivity contribution in [3.8, 4) is 0 Å². The molecule has 0 aromatic carbocycles. The first-order valence-corrected chi connectivity index (χ1v) is 6.25. The molecule has 0 aromatic heterocycles. The molecule has 1 aliphatic heterocycles. The molecule has 1 saturated heterocycles. The minimum Gasteiger partial charge on any atom is -0.391 e. The third kappa shape index (κ3) is 4.37. The maximum atomic E-state index is 9.84. The number of nitrogens with one attached hydrogen (secondary N) is 1. The van der Waals surface area contributed by atoms with E-state index in [1.807, 2.05) is 6.92 Å². The normalized spacial score (nSPS) is 28.7. The molecule has 16 heavy (non-hydrogen) atoms. The van der Waals surface area contributed by atoms with Gasteiger partial charge in [-0.25, -0.2) is 0 Å². The number of aliphatic hydroxyl groups is 2. The van der Waals surface area contributed by atoms with Crippen molar-refractivity contribution in [3.63, 3.8) is 0 Å². The lowest BCUT2D eigenvalue weighted by Gasteiger charge is -2.26. The van der Waals surface area contributed by atoms with E-state index in [0.717, 1.165) is 13.0 Å². The standard InChI is InChI=1S/C12H25NO3/c1-8(7-11-5-4-6-13-11)12(15)16-10(3)9(2)14/h8-15H,4-7H2,1-3H3. The van der Waals surface area contributed by atoms with Gasteiger partial charge in [0.2, 0.25) is 0 Å². The monoisotopic (exact) mass is 231 g/mol. The minimum absolute atomic E-state index is 0.0943. The van der Waals surface area contributed by atoms with Crippen molar-refractivity contribution in [2.75, 3.05) is 6.54 Å². The predicted octanol–water partition coefficient (Wildman–Crippen LogP) is 0.869. The van der Waals surface area contributed by atoms with Gasteiger partial charge in [0, 0.05) is 12.0 Å². The Hall–Kier alpha value is -0.160. The fraction of sp³-hybridized carbons (Fsp3) is 1.00. The van der Waals surface area contributed by atoms with Gasteiger partial charge in [-0.1, -0.05) is 6.92 Å². The van der Waals surface area contributed by atoms with E-state index < -0.39 is 12.4 Å². The van der Waals surface area contributed by atoms with Gasteiger partial charge in [0.25, 0.3) is 0 Å². The lowest BCUT2D eigenvalue weighted by molar-refractivity contribution is -0.180. The first-order valence-electron chi connectivity index (χ1n) is 6.25. The Kier molecular flexibility index (Phi) is 5.69. The summed E-state index contributed by atoms with van der Waals surface area (Å²) in [5.74, 6) is 0.0943. The number of ether oxygens (including phenoxy) is 1. The van der Waals surface area contributed by atoms with Gasteiger partial charge in [-0.3, -0.25) is 0 Å². The van der Waals surface area contributed by atoms with Crippen LogP contribution in [0.15, 0.2) is 0 Å². The Morgan fingerprint density at radius 3 is 2.50 bits per heavy atom. The van der Waals surface area contributed by atoms with E-state index in [0.29, 0.717) is 6.04 Å². The maximum Gasteiger partial charge on any atom is 0.157 e. The molecule has 0 spiro atoms. The second-order valence-electron chi connectivity index (χ2n) is 4.98. The van der Waals surface area contributed by atoms with Crippen molar-refractivity contribution in [2.45, 2.75) is 64.6 Å². The van der Waals surface area contributed by atoms with Gasteiger partial charge in [-0.15, -0.1) is 0 Å².